The van der Waals surface area contributed by atoms with Crippen molar-refractivity contribution < 1.29 is 0 Å². The average molecular weight is 217 g/mol. The van der Waals surface area contributed by atoms with E-state index in [9.17, 15) is 0 Å². The number of anilines is 1. The molecule has 0 unspecified atom stereocenters. The number of aryl methyl sites for hydroxylation is 2. The van der Waals surface area contributed by atoms with Crippen molar-refractivity contribution in [2.75, 3.05) is 5.73 Å². The van der Waals surface area contributed by atoms with Gasteiger partial charge in [-0.15, -0.1) is 5.10 Å². The van der Waals surface area contributed by atoms with Gasteiger partial charge in [0.15, 0.2) is 0 Å². The highest BCUT2D eigenvalue weighted by molar-refractivity contribution is 5.23. The number of nitrogens with two attached hydrogens (primary N) is 1. The van der Waals surface area contributed by atoms with Crippen molar-refractivity contribution in [1.82, 2.24) is 24.5 Å². The van der Waals surface area contributed by atoms with Gasteiger partial charge in [-0.2, -0.15) is 10.4 Å². The van der Waals surface area contributed by atoms with Gasteiger partial charge < -0.3 is 5.73 Å². The Balaban J connectivity index is 1.82. The maximum atomic E-state index is 8.54. The molecule has 0 saturated carbocycles. The molecule has 0 saturated heterocycles. The molecule has 2 N–H and O–H groups in total. The molecule has 0 radical (unpaired) electrons. The summed E-state index contributed by atoms with van der Waals surface area (Å²) in [6, 6.07) is 3.63. The molecule has 2 rings (SSSR count). The first-order chi connectivity index (χ1) is 7.78. The largest absolute Gasteiger partial charge is 0.382 e. The van der Waals surface area contributed by atoms with Crippen LogP contribution >= 0.6 is 0 Å². The highest BCUT2D eigenvalue weighted by atomic mass is 15.3. The minimum absolute atomic E-state index is 0.198. The first-order valence-corrected chi connectivity index (χ1v) is 4.86. The second-order valence-corrected chi connectivity index (χ2v) is 3.30. The number of aromatic nitrogens is 5. The van der Waals surface area contributed by atoms with E-state index in [1.165, 1.54) is 0 Å². The van der Waals surface area contributed by atoms with Crippen LogP contribution in [0.4, 0.5) is 5.82 Å². The molecule has 0 aliphatic rings. The van der Waals surface area contributed by atoms with Gasteiger partial charge in [0.25, 0.3) is 5.82 Å². The summed E-state index contributed by atoms with van der Waals surface area (Å²) in [5.74, 6) is 0.718. The normalized spacial score (nSPS) is 10.2. The molecule has 2 heterocycles. The smallest absolute Gasteiger partial charge is 0.252 e. The van der Waals surface area contributed by atoms with Crippen molar-refractivity contribution in [1.29, 1.82) is 5.26 Å². The minimum Gasteiger partial charge on any atom is -0.382 e. The van der Waals surface area contributed by atoms with Gasteiger partial charge in [0.05, 0.1) is 0 Å². The predicted molar refractivity (Wildman–Crippen MR) is 56.0 cm³/mol. The molecule has 0 aliphatic heterocycles. The Kier molecular flexibility index (Phi) is 2.82. The van der Waals surface area contributed by atoms with Crippen molar-refractivity contribution in [3.8, 4) is 6.07 Å². The number of nitrogens with zero attached hydrogens (tertiary/aromatic N) is 6. The zero-order valence-electron chi connectivity index (χ0n) is 8.61. The van der Waals surface area contributed by atoms with E-state index in [4.69, 9.17) is 11.0 Å². The van der Waals surface area contributed by atoms with Gasteiger partial charge in [-0.05, 0) is 12.5 Å². The maximum absolute atomic E-state index is 8.54. The van der Waals surface area contributed by atoms with Crippen LogP contribution in [-0.2, 0) is 13.1 Å². The summed E-state index contributed by atoms with van der Waals surface area (Å²) in [7, 11) is 0. The van der Waals surface area contributed by atoms with Gasteiger partial charge in [-0.1, -0.05) is 0 Å². The lowest BCUT2D eigenvalue weighted by molar-refractivity contribution is 0.500. The molecule has 0 spiro atoms. The number of nitrogen functional groups attached to an aromatic ring is 1. The SMILES string of the molecule is N#Cc1ncn(CCCn2ccc(N)n2)n1. The summed E-state index contributed by atoms with van der Waals surface area (Å²) in [6.45, 7) is 1.47. The molecule has 0 fully saturated rings. The van der Waals surface area contributed by atoms with Gasteiger partial charge in [-0.25, -0.2) is 4.98 Å². The quantitative estimate of drug-likeness (QED) is 0.778. The summed E-state index contributed by atoms with van der Waals surface area (Å²) >= 11 is 0. The third kappa shape index (κ3) is 2.36. The molecular formula is C9H11N7. The van der Waals surface area contributed by atoms with E-state index in [-0.39, 0.29) is 5.82 Å². The first kappa shape index (κ1) is 10.2. The Hall–Kier alpha value is -2.36. The van der Waals surface area contributed by atoms with Crippen LogP contribution in [0.3, 0.4) is 0 Å². The van der Waals surface area contributed by atoms with Crippen LogP contribution in [0.5, 0.6) is 0 Å². The van der Waals surface area contributed by atoms with Gasteiger partial charge in [0, 0.05) is 19.3 Å². The third-order valence-corrected chi connectivity index (χ3v) is 2.07. The lowest BCUT2D eigenvalue weighted by atomic mass is 10.4. The van der Waals surface area contributed by atoms with Crippen LogP contribution in [0.25, 0.3) is 0 Å². The number of hydrogen-bond acceptors (Lipinski definition) is 5. The molecule has 16 heavy (non-hydrogen) atoms. The number of hydrogen-bond donors (Lipinski definition) is 1. The fourth-order valence-electron chi connectivity index (χ4n) is 1.35. The molecule has 7 nitrogen and oxygen atoms in total. The minimum atomic E-state index is 0.198. The first-order valence-electron chi connectivity index (χ1n) is 4.86. The number of rotatable bonds is 4. The summed E-state index contributed by atoms with van der Waals surface area (Å²) in [5.41, 5.74) is 5.49. The van der Waals surface area contributed by atoms with Crippen molar-refractivity contribution >= 4 is 5.82 Å². The summed E-state index contributed by atoms with van der Waals surface area (Å²) in [5, 5.41) is 16.6. The molecule has 7 heteroatoms. The molecule has 0 aromatic carbocycles. The van der Waals surface area contributed by atoms with Crippen molar-refractivity contribution in [2.45, 2.75) is 19.5 Å². The zero-order valence-corrected chi connectivity index (χ0v) is 8.61. The van der Waals surface area contributed by atoms with E-state index in [2.05, 4.69) is 15.2 Å². The van der Waals surface area contributed by atoms with E-state index >= 15 is 0 Å². The van der Waals surface area contributed by atoms with E-state index in [1.807, 2.05) is 12.3 Å². The van der Waals surface area contributed by atoms with Crippen LogP contribution in [0.1, 0.15) is 12.2 Å². The predicted octanol–water partition coefficient (Wildman–Crippen LogP) is 0.0188. The van der Waals surface area contributed by atoms with Crippen LogP contribution in [-0.4, -0.2) is 24.5 Å². The van der Waals surface area contributed by atoms with Crippen LogP contribution in [0.2, 0.25) is 0 Å². The topological polar surface area (TPSA) is 98.3 Å². The molecule has 0 amide bonds. The average Bonchev–Trinajstić information content (AvgIpc) is 2.88. The Bertz CT molecular complexity index is 504. The Labute approximate surface area is 92.1 Å². The van der Waals surface area contributed by atoms with Crippen molar-refractivity contribution in [2.24, 2.45) is 0 Å². The Morgan fingerprint density at radius 1 is 1.31 bits per heavy atom. The molecular weight excluding hydrogens is 206 g/mol. The van der Waals surface area contributed by atoms with E-state index in [0.717, 1.165) is 13.0 Å². The van der Waals surface area contributed by atoms with Gasteiger partial charge in [0.2, 0.25) is 0 Å². The lowest BCUT2D eigenvalue weighted by Crippen LogP contribution is -2.05. The summed E-state index contributed by atoms with van der Waals surface area (Å²) < 4.78 is 3.42. The number of nitriles is 1. The monoisotopic (exact) mass is 217 g/mol. The van der Waals surface area contributed by atoms with Crippen LogP contribution < -0.4 is 5.73 Å². The Morgan fingerprint density at radius 3 is 2.75 bits per heavy atom. The van der Waals surface area contributed by atoms with Crippen LogP contribution in [0.15, 0.2) is 18.6 Å². The molecule has 0 atom stereocenters. The maximum Gasteiger partial charge on any atom is 0.252 e. The second-order valence-electron chi connectivity index (χ2n) is 3.30. The molecule has 0 aliphatic carbocycles. The standard InChI is InChI=1S/C9H11N7/c10-6-9-12-7-16(14-9)4-1-3-15-5-2-8(11)13-15/h2,5,7H,1,3-4H2,(H2,11,13). The fourth-order valence-corrected chi connectivity index (χ4v) is 1.35. The van der Waals surface area contributed by atoms with E-state index in [1.54, 1.807) is 21.8 Å². The molecule has 2 aromatic rings. The summed E-state index contributed by atoms with van der Waals surface area (Å²) in [6.07, 6.45) is 4.24. The van der Waals surface area contributed by atoms with Crippen molar-refractivity contribution in [3.63, 3.8) is 0 Å². The van der Waals surface area contributed by atoms with Crippen LogP contribution in [0, 0.1) is 11.3 Å². The van der Waals surface area contributed by atoms with E-state index in [0.29, 0.717) is 12.4 Å². The second kappa shape index (κ2) is 4.44. The highest BCUT2D eigenvalue weighted by Gasteiger charge is 1.99. The van der Waals surface area contributed by atoms with Gasteiger partial charge >= 0.3 is 0 Å². The van der Waals surface area contributed by atoms with Gasteiger partial charge in [0.1, 0.15) is 18.2 Å². The molecule has 0 bridgehead atoms. The lowest BCUT2D eigenvalue weighted by Gasteiger charge is -2.01. The zero-order chi connectivity index (χ0) is 11.4. The molecule has 2 aromatic heterocycles. The highest BCUT2D eigenvalue weighted by Crippen LogP contribution is 1.98. The Morgan fingerprint density at radius 2 is 2.12 bits per heavy atom. The summed E-state index contributed by atoms with van der Waals surface area (Å²) in [4.78, 5) is 3.81. The third-order valence-electron chi connectivity index (χ3n) is 2.07. The van der Waals surface area contributed by atoms with Gasteiger partial charge in [-0.3, -0.25) is 9.36 Å². The fraction of sp³-hybridized carbons (Fsp3) is 0.333. The molecule has 82 valence electrons. The van der Waals surface area contributed by atoms with E-state index < -0.39 is 0 Å². The van der Waals surface area contributed by atoms with Crippen molar-refractivity contribution in [3.05, 3.63) is 24.4 Å².